The van der Waals surface area contributed by atoms with Crippen LogP contribution in [0.15, 0.2) is 53.3 Å². The monoisotopic (exact) mass is 405 g/mol. The summed E-state index contributed by atoms with van der Waals surface area (Å²) in [5, 5.41) is 4.99. The molecule has 1 atom stereocenters. The van der Waals surface area contributed by atoms with Gasteiger partial charge in [0.25, 0.3) is 11.5 Å². The van der Waals surface area contributed by atoms with Crippen molar-refractivity contribution < 1.29 is 14.3 Å². The van der Waals surface area contributed by atoms with E-state index in [1.54, 1.807) is 43.0 Å². The van der Waals surface area contributed by atoms with E-state index in [-0.39, 0.29) is 17.2 Å². The van der Waals surface area contributed by atoms with Gasteiger partial charge in [-0.3, -0.25) is 9.59 Å². The van der Waals surface area contributed by atoms with Crippen molar-refractivity contribution >= 4 is 28.3 Å². The molecule has 0 spiro atoms. The van der Waals surface area contributed by atoms with Crippen LogP contribution < -0.4 is 10.5 Å². The summed E-state index contributed by atoms with van der Waals surface area (Å²) in [7, 11) is 0. The maximum Gasteiger partial charge on any atom is 0.360 e. The smallest absolute Gasteiger partial charge is 0.360 e. The molecule has 0 saturated heterocycles. The zero-order valence-electron chi connectivity index (χ0n) is 17.0. The molecular formula is C23H23N3O4. The topological polar surface area (TPSA) is 81.5 Å². The number of amides is 1. The number of rotatable bonds is 4. The van der Waals surface area contributed by atoms with E-state index in [2.05, 4.69) is 5.10 Å². The average Bonchev–Trinajstić information content (AvgIpc) is 2.78. The van der Waals surface area contributed by atoms with Crippen LogP contribution in [0.2, 0.25) is 0 Å². The lowest BCUT2D eigenvalue weighted by Crippen LogP contribution is -2.43. The number of carbonyl (C=O) groups is 2. The van der Waals surface area contributed by atoms with Gasteiger partial charge in [0.1, 0.15) is 0 Å². The Balaban J connectivity index is 1.61. The maximum atomic E-state index is 13.0. The Labute approximate surface area is 173 Å². The second kappa shape index (κ2) is 8.10. The van der Waals surface area contributed by atoms with Crippen LogP contribution in [0, 0.1) is 0 Å². The van der Waals surface area contributed by atoms with E-state index in [0.29, 0.717) is 23.9 Å². The fourth-order valence-corrected chi connectivity index (χ4v) is 3.85. The number of hydrogen-bond donors (Lipinski definition) is 0. The minimum atomic E-state index is -0.980. The first-order valence-corrected chi connectivity index (χ1v) is 10.1. The maximum absolute atomic E-state index is 13.0. The van der Waals surface area contributed by atoms with Crippen molar-refractivity contribution in [3.8, 4) is 0 Å². The molecule has 0 saturated carbocycles. The molecule has 0 N–H and O–H groups in total. The van der Waals surface area contributed by atoms with E-state index >= 15 is 0 Å². The fourth-order valence-electron chi connectivity index (χ4n) is 3.85. The van der Waals surface area contributed by atoms with Gasteiger partial charge in [0.15, 0.2) is 11.8 Å². The third-order valence-electron chi connectivity index (χ3n) is 5.37. The number of hydrogen-bond acceptors (Lipinski definition) is 5. The summed E-state index contributed by atoms with van der Waals surface area (Å²) in [6.45, 7) is 4.25. The summed E-state index contributed by atoms with van der Waals surface area (Å²) in [6, 6.07) is 14.5. The second-order valence-corrected chi connectivity index (χ2v) is 7.28. The number of anilines is 1. The van der Waals surface area contributed by atoms with Gasteiger partial charge in [-0.05, 0) is 44.4 Å². The molecule has 2 aromatic carbocycles. The molecule has 3 aromatic rings. The highest BCUT2D eigenvalue weighted by molar-refractivity contribution is 6.04. The van der Waals surface area contributed by atoms with Crippen LogP contribution in [0.3, 0.4) is 0 Å². The number of aryl methyl sites for hydroxylation is 2. The Bertz CT molecular complexity index is 1180. The van der Waals surface area contributed by atoms with E-state index in [0.717, 1.165) is 24.1 Å². The zero-order valence-corrected chi connectivity index (χ0v) is 17.0. The molecule has 7 heteroatoms. The lowest BCUT2D eigenvalue weighted by Gasteiger charge is -2.31. The number of benzene rings is 2. The van der Waals surface area contributed by atoms with Crippen LogP contribution in [0.1, 0.15) is 36.3 Å². The van der Waals surface area contributed by atoms with E-state index in [4.69, 9.17) is 4.74 Å². The van der Waals surface area contributed by atoms with Crippen molar-refractivity contribution in [1.29, 1.82) is 0 Å². The third kappa shape index (κ3) is 3.47. The van der Waals surface area contributed by atoms with Crippen LogP contribution >= 0.6 is 0 Å². The van der Waals surface area contributed by atoms with Gasteiger partial charge in [-0.25, -0.2) is 9.48 Å². The minimum Gasteiger partial charge on any atom is -0.448 e. The Morgan fingerprint density at radius 1 is 1.10 bits per heavy atom. The molecule has 154 valence electrons. The summed E-state index contributed by atoms with van der Waals surface area (Å²) in [6.07, 6.45) is 0.797. The Morgan fingerprint density at radius 2 is 1.80 bits per heavy atom. The van der Waals surface area contributed by atoms with E-state index in [1.165, 1.54) is 4.68 Å². The lowest BCUT2D eigenvalue weighted by atomic mass is 10.0. The molecule has 0 unspecified atom stereocenters. The first kappa shape index (κ1) is 19.8. The van der Waals surface area contributed by atoms with Crippen molar-refractivity contribution in [2.75, 3.05) is 11.4 Å². The predicted molar refractivity (Wildman–Crippen MR) is 114 cm³/mol. The number of aromatic nitrogens is 2. The van der Waals surface area contributed by atoms with Gasteiger partial charge in [-0.1, -0.05) is 36.4 Å². The molecular weight excluding hydrogens is 382 g/mol. The van der Waals surface area contributed by atoms with E-state index in [1.807, 2.05) is 24.3 Å². The Kier molecular flexibility index (Phi) is 5.35. The summed E-state index contributed by atoms with van der Waals surface area (Å²) in [5.41, 5.74) is 1.74. The Morgan fingerprint density at radius 3 is 2.57 bits per heavy atom. The normalized spacial score (nSPS) is 14.3. The molecule has 0 aliphatic carbocycles. The highest BCUT2D eigenvalue weighted by atomic mass is 16.5. The van der Waals surface area contributed by atoms with Gasteiger partial charge < -0.3 is 9.64 Å². The molecule has 1 aliphatic heterocycles. The van der Waals surface area contributed by atoms with Crippen LogP contribution in [-0.4, -0.2) is 34.3 Å². The van der Waals surface area contributed by atoms with Gasteiger partial charge in [0, 0.05) is 24.2 Å². The highest BCUT2D eigenvalue weighted by Crippen LogP contribution is 2.27. The summed E-state index contributed by atoms with van der Waals surface area (Å²) >= 11 is 0. The molecule has 30 heavy (non-hydrogen) atoms. The molecule has 0 radical (unpaired) electrons. The summed E-state index contributed by atoms with van der Waals surface area (Å²) < 4.78 is 6.73. The van der Waals surface area contributed by atoms with Crippen LogP contribution in [-0.2, 0) is 22.5 Å². The standard InChI is InChI=1S/C23H23N3O4/c1-3-26-22(28)18-12-6-5-11-17(18)20(24-26)23(29)30-15(2)21(27)25-14-8-10-16-9-4-7-13-19(16)25/h4-7,9,11-13,15H,3,8,10,14H2,1-2H3/t15-/m1/s1. The first-order valence-electron chi connectivity index (χ1n) is 10.1. The van der Waals surface area contributed by atoms with Crippen molar-refractivity contribution in [3.05, 3.63) is 70.1 Å². The van der Waals surface area contributed by atoms with Crippen molar-refractivity contribution in [3.63, 3.8) is 0 Å². The highest BCUT2D eigenvalue weighted by Gasteiger charge is 2.29. The number of nitrogens with zero attached hydrogens (tertiary/aromatic N) is 3. The quantitative estimate of drug-likeness (QED) is 0.624. The molecule has 2 heterocycles. The Hall–Kier alpha value is -3.48. The lowest BCUT2D eigenvalue weighted by molar-refractivity contribution is -0.126. The molecule has 1 aromatic heterocycles. The summed E-state index contributed by atoms with van der Waals surface area (Å²) in [5.74, 6) is -0.997. The number of esters is 1. The third-order valence-corrected chi connectivity index (χ3v) is 5.37. The van der Waals surface area contributed by atoms with Crippen LogP contribution in [0.25, 0.3) is 10.8 Å². The van der Waals surface area contributed by atoms with Crippen LogP contribution in [0.5, 0.6) is 0 Å². The SMILES string of the molecule is CCn1nc(C(=O)O[C@H](C)C(=O)N2CCCc3ccccc32)c2ccccc2c1=O. The largest absolute Gasteiger partial charge is 0.448 e. The number of para-hydroxylation sites is 1. The molecule has 4 rings (SSSR count). The molecule has 0 fully saturated rings. The molecule has 7 nitrogen and oxygen atoms in total. The van der Waals surface area contributed by atoms with Gasteiger partial charge in [0.2, 0.25) is 0 Å². The zero-order chi connectivity index (χ0) is 21.3. The number of carbonyl (C=O) groups excluding carboxylic acids is 2. The fraction of sp³-hybridized carbons (Fsp3) is 0.304. The number of ether oxygens (including phenoxy) is 1. The van der Waals surface area contributed by atoms with Gasteiger partial charge in [-0.2, -0.15) is 5.10 Å². The van der Waals surface area contributed by atoms with Crippen molar-refractivity contribution in [2.45, 2.75) is 39.3 Å². The molecule has 1 aliphatic rings. The molecule has 0 bridgehead atoms. The summed E-state index contributed by atoms with van der Waals surface area (Å²) in [4.78, 5) is 40.1. The van der Waals surface area contributed by atoms with Crippen molar-refractivity contribution in [2.24, 2.45) is 0 Å². The van der Waals surface area contributed by atoms with Gasteiger partial charge in [-0.15, -0.1) is 0 Å². The average molecular weight is 405 g/mol. The van der Waals surface area contributed by atoms with E-state index in [9.17, 15) is 14.4 Å². The first-order chi connectivity index (χ1) is 14.5. The van der Waals surface area contributed by atoms with Crippen LogP contribution in [0.4, 0.5) is 5.69 Å². The van der Waals surface area contributed by atoms with E-state index < -0.39 is 12.1 Å². The van der Waals surface area contributed by atoms with Gasteiger partial charge >= 0.3 is 5.97 Å². The molecule has 1 amide bonds. The van der Waals surface area contributed by atoms with Gasteiger partial charge in [0.05, 0.1) is 5.39 Å². The minimum absolute atomic E-state index is 0.0331. The van der Waals surface area contributed by atoms with Crippen molar-refractivity contribution in [1.82, 2.24) is 9.78 Å². The number of fused-ring (bicyclic) bond motifs is 2. The second-order valence-electron chi connectivity index (χ2n) is 7.28. The predicted octanol–water partition coefficient (Wildman–Crippen LogP) is 2.94.